The van der Waals surface area contributed by atoms with Crippen LogP contribution < -0.4 is 10.1 Å². The number of aromatic nitrogens is 2. The van der Waals surface area contributed by atoms with Crippen molar-refractivity contribution in [2.75, 3.05) is 20.3 Å². The Bertz CT molecular complexity index is 925. The van der Waals surface area contributed by atoms with E-state index in [4.69, 9.17) is 9.47 Å². The molecular weight excluding hydrogens is 368 g/mol. The average molecular weight is 396 g/mol. The lowest BCUT2D eigenvalue weighted by molar-refractivity contribution is -0.117. The number of carbonyl (C=O) groups is 1. The number of methoxy groups -OCH3 is 1. The van der Waals surface area contributed by atoms with Crippen molar-refractivity contribution in [2.24, 2.45) is 0 Å². The first-order valence-corrected chi connectivity index (χ1v) is 9.56. The van der Waals surface area contributed by atoms with E-state index in [1.807, 2.05) is 39.0 Å². The van der Waals surface area contributed by atoms with E-state index in [9.17, 15) is 10.1 Å². The standard InChI is InChI=1S/C22H28N4O3/c1-6-29-22-18(8-7-9-24-22)13-25-21(27)20(12-23)11-19-10-15(2)26(17(19)4)16(3)14-28-5/h7-11,16H,6,13-14H2,1-5H3,(H,25,27)/b20-11-. The molecule has 0 aromatic carbocycles. The van der Waals surface area contributed by atoms with Crippen molar-refractivity contribution in [2.45, 2.75) is 40.3 Å². The Morgan fingerprint density at radius 1 is 1.45 bits per heavy atom. The van der Waals surface area contributed by atoms with Gasteiger partial charge in [0.05, 0.1) is 19.3 Å². The van der Waals surface area contributed by atoms with E-state index in [2.05, 4.69) is 21.8 Å². The summed E-state index contributed by atoms with van der Waals surface area (Å²) in [6.45, 7) is 9.21. The minimum absolute atomic E-state index is 0.0477. The highest BCUT2D eigenvalue weighted by Gasteiger charge is 2.16. The lowest BCUT2D eigenvalue weighted by atomic mass is 10.1. The predicted molar refractivity (Wildman–Crippen MR) is 111 cm³/mol. The van der Waals surface area contributed by atoms with Crippen LogP contribution in [0.2, 0.25) is 0 Å². The summed E-state index contributed by atoms with van der Waals surface area (Å²) in [5, 5.41) is 12.3. The van der Waals surface area contributed by atoms with E-state index >= 15 is 0 Å². The number of nitriles is 1. The lowest BCUT2D eigenvalue weighted by Crippen LogP contribution is -2.24. The van der Waals surface area contributed by atoms with Gasteiger partial charge in [-0.1, -0.05) is 6.07 Å². The van der Waals surface area contributed by atoms with Gasteiger partial charge in [0, 0.05) is 36.8 Å². The molecule has 1 unspecified atom stereocenters. The molecule has 2 aromatic rings. The summed E-state index contributed by atoms with van der Waals surface area (Å²) >= 11 is 0. The summed E-state index contributed by atoms with van der Waals surface area (Å²) < 4.78 is 12.9. The van der Waals surface area contributed by atoms with Crippen molar-refractivity contribution >= 4 is 12.0 Å². The van der Waals surface area contributed by atoms with Gasteiger partial charge < -0.3 is 19.4 Å². The third kappa shape index (κ3) is 5.46. The fourth-order valence-electron chi connectivity index (χ4n) is 3.34. The van der Waals surface area contributed by atoms with Gasteiger partial charge in [0.15, 0.2) is 0 Å². The second-order valence-corrected chi connectivity index (χ2v) is 6.75. The fraction of sp³-hybridized carbons (Fsp3) is 0.409. The molecule has 0 spiro atoms. The van der Waals surface area contributed by atoms with Crippen molar-refractivity contribution in [1.29, 1.82) is 5.26 Å². The summed E-state index contributed by atoms with van der Waals surface area (Å²) in [5.41, 5.74) is 3.68. The molecule has 0 saturated carbocycles. The highest BCUT2D eigenvalue weighted by atomic mass is 16.5. The number of carbonyl (C=O) groups excluding carboxylic acids is 1. The zero-order chi connectivity index (χ0) is 21.4. The fourth-order valence-corrected chi connectivity index (χ4v) is 3.34. The van der Waals surface area contributed by atoms with E-state index < -0.39 is 5.91 Å². The number of rotatable bonds is 9. The topological polar surface area (TPSA) is 89.2 Å². The monoisotopic (exact) mass is 396 g/mol. The zero-order valence-corrected chi connectivity index (χ0v) is 17.7. The maximum Gasteiger partial charge on any atom is 0.262 e. The molecule has 0 aliphatic heterocycles. The first kappa shape index (κ1) is 22.2. The Labute approximate surface area is 172 Å². The minimum atomic E-state index is -0.437. The van der Waals surface area contributed by atoms with Crippen LogP contribution in [-0.4, -0.2) is 35.8 Å². The van der Waals surface area contributed by atoms with Gasteiger partial charge in [-0.15, -0.1) is 0 Å². The van der Waals surface area contributed by atoms with Gasteiger partial charge in [-0.3, -0.25) is 4.79 Å². The molecule has 1 N–H and O–H groups in total. The molecule has 1 amide bonds. The first-order valence-electron chi connectivity index (χ1n) is 9.56. The smallest absolute Gasteiger partial charge is 0.262 e. The summed E-state index contributed by atoms with van der Waals surface area (Å²) in [4.78, 5) is 16.7. The Balaban J connectivity index is 2.19. The van der Waals surface area contributed by atoms with E-state index in [-0.39, 0.29) is 18.2 Å². The van der Waals surface area contributed by atoms with Crippen molar-refractivity contribution in [3.05, 3.63) is 52.5 Å². The second-order valence-electron chi connectivity index (χ2n) is 6.75. The van der Waals surface area contributed by atoms with Crippen LogP contribution in [0.25, 0.3) is 6.08 Å². The lowest BCUT2D eigenvalue weighted by Gasteiger charge is -2.17. The van der Waals surface area contributed by atoms with Gasteiger partial charge in [-0.25, -0.2) is 4.98 Å². The van der Waals surface area contributed by atoms with E-state index in [1.165, 1.54) is 0 Å². The van der Waals surface area contributed by atoms with Crippen molar-refractivity contribution in [1.82, 2.24) is 14.9 Å². The molecule has 7 nitrogen and oxygen atoms in total. The van der Waals surface area contributed by atoms with Crippen LogP contribution in [0, 0.1) is 25.2 Å². The van der Waals surface area contributed by atoms with Crippen LogP contribution in [0.3, 0.4) is 0 Å². The van der Waals surface area contributed by atoms with Crippen LogP contribution in [0.1, 0.15) is 42.4 Å². The number of nitrogens with one attached hydrogen (secondary N) is 1. The van der Waals surface area contributed by atoms with Gasteiger partial charge in [-0.2, -0.15) is 5.26 Å². The summed E-state index contributed by atoms with van der Waals surface area (Å²) in [6, 6.07) is 7.75. The number of hydrogen-bond acceptors (Lipinski definition) is 5. The Hall–Kier alpha value is -3.11. The zero-order valence-electron chi connectivity index (χ0n) is 17.7. The number of ether oxygens (including phenoxy) is 2. The summed E-state index contributed by atoms with van der Waals surface area (Å²) in [7, 11) is 1.67. The molecule has 0 aliphatic rings. The largest absolute Gasteiger partial charge is 0.478 e. The van der Waals surface area contributed by atoms with Gasteiger partial charge >= 0.3 is 0 Å². The van der Waals surface area contributed by atoms with E-state index in [0.29, 0.717) is 19.1 Å². The molecule has 0 aliphatic carbocycles. The number of pyridine rings is 1. The number of amides is 1. The Morgan fingerprint density at radius 3 is 2.86 bits per heavy atom. The van der Waals surface area contributed by atoms with Crippen molar-refractivity contribution in [3.63, 3.8) is 0 Å². The average Bonchev–Trinajstić information content (AvgIpc) is 2.98. The van der Waals surface area contributed by atoms with Gasteiger partial charge in [0.1, 0.15) is 11.6 Å². The molecule has 0 saturated heterocycles. The van der Waals surface area contributed by atoms with Crippen molar-refractivity contribution < 1.29 is 14.3 Å². The SMILES string of the molecule is CCOc1ncccc1CNC(=O)/C(C#N)=C\c1cc(C)n(C(C)COC)c1C. The Kier molecular flexibility index (Phi) is 7.98. The third-order valence-corrected chi connectivity index (χ3v) is 4.61. The molecule has 154 valence electrons. The molecule has 0 bridgehead atoms. The van der Waals surface area contributed by atoms with Crippen LogP contribution in [0.5, 0.6) is 5.88 Å². The minimum Gasteiger partial charge on any atom is -0.478 e. The number of nitrogens with zero attached hydrogens (tertiary/aromatic N) is 3. The summed E-state index contributed by atoms with van der Waals surface area (Å²) in [5.74, 6) is 0.0435. The van der Waals surface area contributed by atoms with Crippen LogP contribution >= 0.6 is 0 Å². The predicted octanol–water partition coefficient (Wildman–Crippen LogP) is 3.33. The maximum absolute atomic E-state index is 12.6. The number of hydrogen-bond donors (Lipinski definition) is 1. The quantitative estimate of drug-likeness (QED) is 0.519. The number of aryl methyl sites for hydroxylation is 1. The molecule has 2 heterocycles. The van der Waals surface area contributed by atoms with E-state index in [0.717, 1.165) is 22.5 Å². The highest BCUT2D eigenvalue weighted by Crippen LogP contribution is 2.23. The van der Waals surface area contributed by atoms with Gasteiger partial charge in [0.2, 0.25) is 5.88 Å². The molecule has 0 radical (unpaired) electrons. The first-order chi connectivity index (χ1) is 13.9. The molecule has 1 atom stereocenters. The van der Waals surface area contributed by atoms with Gasteiger partial charge in [-0.05, 0) is 51.5 Å². The molecule has 29 heavy (non-hydrogen) atoms. The molecule has 0 fully saturated rings. The summed E-state index contributed by atoms with van der Waals surface area (Å²) in [6.07, 6.45) is 3.26. The normalized spacial score (nSPS) is 12.3. The second kappa shape index (κ2) is 10.4. The molecule has 7 heteroatoms. The van der Waals surface area contributed by atoms with Crippen LogP contribution in [-0.2, 0) is 16.1 Å². The van der Waals surface area contributed by atoms with Crippen molar-refractivity contribution in [3.8, 4) is 11.9 Å². The Morgan fingerprint density at radius 2 is 2.21 bits per heavy atom. The molecule has 2 rings (SSSR count). The maximum atomic E-state index is 12.6. The highest BCUT2D eigenvalue weighted by molar-refractivity contribution is 6.01. The third-order valence-electron chi connectivity index (χ3n) is 4.61. The van der Waals surface area contributed by atoms with Crippen LogP contribution in [0.15, 0.2) is 30.0 Å². The van der Waals surface area contributed by atoms with Gasteiger partial charge in [0.25, 0.3) is 5.91 Å². The van der Waals surface area contributed by atoms with Crippen LogP contribution in [0.4, 0.5) is 0 Å². The van der Waals surface area contributed by atoms with E-state index in [1.54, 1.807) is 25.4 Å². The molecule has 2 aromatic heterocycles. The molecular formula is C22H28N4O3.